The van der Waals surface area contributed by atoms with E-state index in [1.54, 1.807) is 31.7 Å². The van der Waals surface area contributed by atoms with Gasteiger partial charge in [-0.1, -0.05) is 23.2 Å². The van der Waals surface area contributed by atoms with Crippen molar-refractivity contribution >= 4 is 41.3 Å². The van der Waals surface area contributed by atoms with Crippen LogP contribution in [0.5, 0.6) is 0 Å². The summed E-state index contributed by atoms with van der Waals surface area (Å²) in [6.45, 7) is 6.39. The zero-order valence-electron chi connectivity index (χ0n) is 13.1. The molecule has 2 rings (SSSR count). The minimum Gasteiger partial charge on any atom is -0.444 e. The number of carbonyl (C=O) groups excluding carboxylic acids is 2. The molecule has 0 radical (unpaired) electrons. The highest BCUT2D eigenvalue weighted by atomic mass is 35.5. The maximum atomic E-state index is 12.1. The lowest BCUT2D eigenvalue weighted by Gasteiger charge is -2.40. The van der Waals surface area contributed by atoms with Crippen molar-refractivity contribution in [1.29, 1.82) is 0 Å². The molecule has 7 nitrogen and oxygen atoms in total. The highest BCUT2D eigenvalue weighted by Gasteiger charge is 2.33. The van der Waals surface area contributed by atoms with E-state index in [-0.39, 0.29) is 16.9 Å². The van der Waals surface area contributed by atoms with Crippen LogP contribution in [-0.4, -0.2) is 58.8 Å². The fraction of sp³-hybridized carbons (Fsp3) is 0.571. The molecule has 0 unspecified atom stereocenters. The summed E-state index contributed by atoms with van der Waals surface area (Å²) in [6.07, 6.45) is 0.322. The van der Waals surface area contributed by atoms with Gasteiger partial charge in [0.05, 0.1) is 12.2 Å². The molecule has 1 aromatic rings. The van der Waals surface area contributed by atoms with Gasteiger partial charge in [-0.15, -0.1) is 10.2 Å². The van der Waals surface area contributed by atoms with Crippen LogP contribution in [0.3, 0.4) is 0 Å². The maximum Gasteiger partial charge on any atom is 0.410 e. The summed E-state index contributed by atoms with van der Waals surface area (Å²) < 4.78 is 5.34. The summed E-state index contributed by atoms with van der Waals surface area (Å²) in [5.74, 6) is 0. The average molecular weight is 361 g/mol. The van der Waals surface area contributed by atoms with E-state index in [1.165, 1.54) is 4.90 Å². The number of aldehydes is 1. The fourth-order valence-electron chi connectivity index (χ4n) is 2.26. The van der Waals surface area contributed by atoms with Gasteiger partial charge in [-0.25, -0.2) is 4.79 Å². The first-order valence-corrected chi connectivity index (χ1v) is 7.85. The Labute approximate surface area is 144 Å². The van der Waals surface area contributed by atoms with E-state index in [2.05, 4.69) is 10.2 Å². The van der Waals surface area contributed by atoms with Crippen LogP contribution in [0.2, 0.25) is 10.3 Å². The molecule has 1 saturated heterocycles. The Morgan fingerprint density at radius 1 is 1.35 bits per heavy atom. The van der Waals surface area contributed by atoms with Gasteiger partial charge in [0.2, 0.25) is 0 Å². The minimum atomic E-state index is -0.587. The SMILES string of the molecule is CC(C)(C)OC(=O)N1CCN(c2cc(Cl)nnc2Cl)[C@H](C=O)C1. The summed E-state index contributed by atoms with van der Waals surface area (Å²) >= 11 is 11.9. The van der Waals surface area contributed by atoms with Crippen molar-refractivity contribution in [2.24, 2.45) is 0 Å². The second-order valence-corrected chi connectivity index (χ2v) is 6.91. The molecule has 1 aliphatic heterocycles. The molecule has 0 spiro atoms. The third-order valence-electron chi connectivity index (χ3n) is 3.24. The maximum absolute atomic E-state index is 12.1. The fourth-order valence-corrected chi connectivity index (χ4v) is 2.61. The zero-order chi connectivity index (χ0) is 17.2. The van der Waals surface area contributed by atoms with Crippen molar-refractivity contribution in [3.8, 4) is 0 Å². The summed E-state index contributed by atoms with van der Waals surface area (Å²) in [6, 6.07) is 0.991. The average Bonchev–Trinajstić information content (AvgIpc) is 2.47. The molecule has 126 valence electrons. The summed E-state index contributed by atoms with van der Waals surface area (Å²) in [5, 5.41) is 7.74. The predicted molar refractivity (Wildman–Crippen MR) is 87.1 cm³/mol. The van der Waals surface area contributed by atoms with Gasteiger partial charge in [0.1, 0.15) is 17.9 Å². The first-order chi connectivity index (χ1) is 10.7. The lowest BCUT2D eigenvalue weighted by atomic mass is 10.1. The van der Waals surface area contributed by atoms with Gasteiger partial charge >= 0.3 is 6.09 Å². The molecule has 0 bridgehead atoms. The van der Waals surface area contributed by atoms with Crippen molar-refractivity contribution in [3.63, 3.8) is 0 Å². The van der Waals surface area contributed by atoms with Crippen LogP contribution < -0.4 is 4.90 Å². The highest BCUT2D eigenvalue weighted by Crippen LogP contribution is 2.28. The van der Waals surface area contributed by atoms with Gasteiger partial charge in [0.25, 0.3) is 0 Å². The van der Waals surface area contributed by atoms with E-state index < -0.39 is 17.7 Å². The lowest BCUT2D eigenvalue weighted by Crippen LogP contribution is -2.56. The van der Waals surface area contributed by atoms with Gasteiger partial charge in [-0.3, -0.25) is 0 Å². The largest absolute Gasteiger partial charge is 0.444 e. The number of halogens is 2. The van der Waals surface area contributed by atoms with E-state index in [0.29, 0.717) is 18.8 Å². The van der Waals surface area contributed by atoms with Crippen LogP contribution in [0.15, 0.2) is 6.07 Å². The zero-order valence-corrected chi connectivity index (χ0v) is 14.6. The van der Waals surface area contributed by atoms with Crippen molar-refractivity contribution in [2.75, 3.05) is 24.5 Å². The quantitative estimate of drug-likeness (QED) is 0.753. The van der Waals surface area contributed by atoms with Crippen LogP contribution in [-0.2, 0) is 9.53 Å². The number of hydrogen-bond acceptors (Lipinski definition) is 6. The van der Waals surface area contributed by atoms with Crippen LogP contribution >= 0.6 is 23.2 Å². The third-order valence-corrected chi connectivity index (χ3v) is 3.69. The number of piperazine rings is 1. The molecular formula is C14H18Cl2N4O3. The molecule has 1 fully saturated rings. The number of nitrogens with zero attached hydrogens (tertiary/aromatic N) is 4. The predicted octanol–water partition coefficient (Wildman–Crippen LogP) is 2.41. The first-order valence-electron chi connectivity index (χ1n) is 7.10. The summed E-state index contributed by atoms with van der Waals surface area (Å²) in [4.78, 5) is 26.9. The Kier molecular flexibility index (Phi) is 5.31. The molecule has 1 atom stereocenters. The second kappa shape index (κ2) is 6.88. The molecule has 23 heavy (non-hydrogen) atoms. The van der Waals surface area contributed by atoms with Gasteiger partial charge < -0.3 is 19.3 Å². The Morgan fingerprint density at radius 2 is 2.04 bits per heavy atom. The normalized spacial score (nSPS) is 18.7. The topological polar surface area (TPSA) is 75.6 Å². The molecule has 0 aromatic carbocycles. The Hall–Kier alpha value is -1.60. The van der Waals surface area contributed by atoms with Crippen molar-refractivity contribution in [3.05, 3.63) is 16.4 Å². The molecular weight excluding hydrogens is 343 g/mol. The first kappa shape index (κ1) is 17.7. The van der Waals surface area contributed by atoms with Crippen LogP contribution in [0, 0.1) is 0 Å². The number of anilines is 1. The van der Waals surface area contributed by atoms with Crippen LogP contribution in [0.25, 0.3) is 0 Å². The van der Waals surface area contributed by atoms with Gasteiger partial charge in [-0.2, -0.15) is 0 Å². The van der Waals surface area contributed by atoms with Crippen molar-refractivity contribution in [2.45, 2.75) is 32.4 Å². The highest BCUT2D eigenvalue weighted by molar-refractivity contribution is 6.33. The van der Waals surface area contributed by atoms with Gasteiger partial charge in [-0.05, 0) is 20.8 Å². The van der Waals surface area contributed by atoms with Crippen molar-refractivity contribution < 1.29 is 14.3 Å². The molecule has 0 aliphatic carbocycles. The number of amides is 1. The Morgan fingerprint density at radius 3 is 2.65 bits per heavy atom. The van der Waals surface area contributed by atoms with Crippen LogP contribution in [0.4, 0.5) is 10.5 Å². The standard InChI is InChI=1S/C14H18Cl2N4O3/c1-14(2,3)23-13(22)19-4-5-20(9(7-19)8-21)10-6-11(15)17-18-12(10)16/h6,8-9H,4-5,7H2,1-3H3/t9-/m0/s1. The molecule has 1 aromatic heterocycles. The monoisotopic (exact) mass is 360 g/mol. The van der Waals surface area contributed by atoms with E-state index in [4.69, 9.17) is 27.9 Å². The molecule has 1 aliphatic rings. The number of aromatic nitrogens is 2. The van der Waals surface area contributed by atoms with E-state index in [0.717, 1.165) is 6.29 Å². The van der Waals surface area contributed by atoms with E-state index in [9.17, 15) is 9.59 Å². The second-order valence-electron chi connectivity index (χ2n) is 6.17. The number of carbonyl (C=O) groups is 2. The smallest absolute Gasteiger partial charge is 0.410 e. The Bertz CT molecular complexity index is 606. The van der Waals surface area contributed by atoms with Crippen molar-refractivity contribution in [1.82, 2.24) is 15.1 Å². The Balaban J connectivity index is 2.15. The molecule has 0 saturated carbocycles. The van der Waals surface area contributed by atoms with Gasteiger partial charge in [0, 0.05) is 19.2 Å². The summed E-state index contributed by atoms with van der Waals surface area (Å²) in [5.41, 5.74) is -0.0656. The molecule has 2 heterocycles. The van der Waals surface area contributed by atoms with E-state index >= 15 is 0 Å². The molecule has 1 amide bonds. The van der Waals surface area contributed by atoms with Crippen LogP contribution in [0.1, 0.15) is 20.8 Å². The third kappa shape index (κ3) is 4.45. The number of rotatable bonds is 2. The summed E-state index contributed by atoms with van der Waals surface area (Å²) in [7, 11) is 0. The minimum absolute atomic E-state index is 0.159. The number of hydrogen-bond donors (Lipinski definition) is 0. The van der Waals surface area contributed by atoms with E-state index in [1.807, 2.05) is 0 Å². The molecule has 9 heteroatoms. The number of ether oxygens (including phenoxy) is 1. The van der Waals surface area contributed by atoms with Gasteiger partial charge in [0.15, 0.2) is 10.3 Å². The lowest BCUT2D eigenvalue weighted by molar-refractivity contribution is -0.109. The molecule has 0 N–H and O–H groups in total.